The minimum atomic E-state index is -0.683. The van der Waals surface area contributed by atoms with E-state index in [9.17, 15) is 14.4 Å². The zero-order valence-corrected chi connectivity index (χ0v) is 14.9. The number of halogens is 1. The van der Waals surface area contributed by atoms with E-state index in [-0.39, 0.29) is 17.4 Å². The van der Waals surface area contributed by atoms with Gasteiger partial charge in [-0.15, -0.1) is 11.3 Å². The van der Waals surface area contributed by atoms with Crippen LogP contribution in [-0.2, 0) is 0 Å². The van der Waals surface area contributed by atoms with Gasteiger partial charge in [0.15, 0.2) is 11.4 Å². The summed E-state index contributed by atoms with van der Waals surface area (Å²) in [5.41, 5.74) is 0.251. The van der Waals surface area contributed by atoms with Crippen LogP contribution >= 0.6 is 22.9 Å². The summed E-state index contributed by atoms with van der Waals surface area (Å²) in [7, 11) is 1.60. The molecule has 1 aromatic carbocycles. The van der Waals surface area contributed by atoms with Gasteiger partial charge in [0.2, 0.25) is 0 Å². The van der Waals surface area contributed by atoms with Crippen molar-refractivity contribution in [2.24, 2.45) is 0 Å². The fourth-order valence-electron chi connectivity index (χ4n) is 2.15. The number of thiophene rings is 1. The first-order valence-corrected chi connectivity index (χ1v) is 8.43. The number of hydrogen-bond donors (Lipinski definition) is 1. The minimum absolute atomic E-state index is 0.00540. The molecular weight excluding hydrogens is 364 g/mol. The van der Waals surface area contributed by atoms with E-state index < -0.39 is 5.63 Å². The molecule has 6 nitrogen and oxygen atoms in total. The normalized spacial score (nSPS) is 10.7. The number of anilines is 2. The van der Waals surface area contributed by atoms with Crippen molar-refractivity contribution in [1.82, 2.24) is 0 Å². The quantitative estimate of drug-likeness (QED) is 0.688. The summed E-state index contributed by atoms with van der Waals surface area (Å²) in [6, 6.07) is 9.45. The third kappa shape index (κ3) is 3.57. The van der Waals surface area contributed by atoms with Crippen LogP contribution in [0.25, 0.3) is 10.3 Å². The highest BCUT2D eigenvalue weighted by Gasteiger charge is 2.17. The number of carbonyl (C=O) groups is 2. The molecule has 0 saturated heterocycles. The number of hydrogen-bond acceptors (Lipinski definition) is 5. The monoisotopic (exact) mass is 376 g/mol. The summed E-state index contributed by atoms with van der Waals surface area (Å²) in [5.74, 6) is -0.362. The van der Waals surface area contributed by atoms with E-state index in [0.29, 0.717) is 26.0 Å². The Bertz CT molecular complexity index is 1020. The average molecular weight is 377 g/mol. The van der Waals surface area contributed by atoms with Gasteiger partial charge in [-0.05, 0) is 37.3 Å². The molecule has 0 spiro atoms. The summed E-state index contributed by atoms with van der Waals surface area (Å²) in [5, 5.41) is 3.89. The molecule has 2 heterocycles. The van der Waals surface area contributed by atoms with Gasteiger partial charge in [-0.25, -0.2) is 9.59 Å². The number of Topliss-reactive ketones (excluding diaryl/α,β-unsaturated/α-hetero) is 1. The van der Waals surface area contributed by atoms with Gasteiger partial charge < -0.3 is 9.73 Å². The van der Waals surface area contributed by atoms with Crippen molar-refractivity contribution >= 4 is 55.7 Å². The molecule has 0 radical (unpaired) electrons. The molecule has 0 atom stereocenters. The van der Waals surface area contributed by atoms with E-state index >= 15 is 0 Å². The molecule has 0 aliphatic rings. The maximum absolute atomic E-state index is 12.4. The first-order valence-electron chi connectivity index (χ1n) is 7.24. The average Bonchev–Trinajstić information content (AvgIpc) is 2.97. The molecule has 0 unspecified atom stereocenters. The lowest BCUT2D eigenvalue weighted by atomic mass is 10.2. The second kappa shape index (κ2) is 6.70. The lowest BCUT2D eigenvalue weighted by molar-refractivity contribution is 0.101. The number of nitrogens with one attached hydrogen (secondary N) is 1. The fraction of sp³-hybridized carbons (Fsp3) is 0.118. The Morgan fingerprint density at radius 1 is 1.20 bits per heavy atom. The van der Waals surface area contributed by atoms with E-state index in [4.69, 9.17) is 16.0 Å². The fourth-order valence-corrected chi connectivity index (χ4v) is 3.27. The standard InChI is InChI=1S/C17H13ClN2O4S/c1-9(21)12-7-14-13(24-16(12)22)8-15(25-14)20(2)17(23)19-11-5-3-10(18)4-6-11/h3-8H,1-2H3,(H,19,23). The molecule has 25 heavy (non-hydrogen) atoms. The summed E-state index contributed by atoms with van der Waals surface area (Å²) in [6.07, 6.45) is 0. The molecule has 0 bridgehead atoms. The van der Waals surface area contributed by atoms with Crippen LogP contribution in [-0.4, -0.2) is 18.9 Å². The number of ketones is 1. The number of amides is 2. The number of rotatable bonds is 3. The van der Waals surface area contributed by atoms with Crippen LogP contribution in [0.15, 0.2) is 45.6 Å². The summed E-state index contributed by atoms with van der Waals surface area (Å²) in [4.78, 5) is 37.0. The van der Waals surface area contributed by atoms with Crippen LogP contribution in [0.5, 0.6) is 0 Å². The van der Waals surface area contributed by atoms with Crippen molar-refractivity contribution in [2.75, 3.05) is 17.3 Å². The number of urea groups is 1. The zero-order chi connectivity index (χ0) is 18.1. The van der Waals surface area contributed by atoms with Crippen molar-refractivity contribution in [3.63, 3.8) is 0 Å². The van der Waals surface area contributed by atoms with Crippen molar-refractivity contribution < 1.29 is 14.0 Å². The van der Waals surface area contributed by atoms with Gasteiger partial charge in [0.1, 0.15) is 10.6 Å². The third-order valence-electron chi connectivity index (χ3n) is 3.52. The summed E-state index contributed by atoms with van der Waals surface area (Å²) >= 11 is 7.06. The van der Waals surface area contributed by atoms with Gasteiger partial charge in [-0.2, -0.15) is 0 Å². The molecular formula is C17H13ClN2O4S. The first kappa shape index (κ1) is 17.2. The predicted molar refractivity (Wildman–Crippen MR) is 99.2 cm³/mol. The topological polar surface area (TPSA) is 79.6 Å². The number of carbonyl (C=O) groups excluding carboxylic acids is 2. The summed E-state index contributed by atoms with van der Waals surface area (Å²) in [6.45, 7) is 1.30. The molecule has 3 rings (SSSR count). The molecule has 0 aliphatic heterocycles. The van der Waals surface area contributed by atoms with Crippen molar-refractivity contribution in [3.05, 3.63) is 57.4 Å². The summed E-state index contributed by atoms with van der Waals surface area (Å²) < 4.78 is 5.77. The molecule has 1 N–H and O–H groups in total. The number of nitrogens with zero attached hydrogens (tertiary/aromatic N) is 1. The molecule has 2 amide bonds. The molecule has 0 fully saturated rings. The smallest absolute Gasteiger partial charge is 0.347 e. The Labute approximate surface area is 151 Å². The van der Waals surface area contributed by atoms with Crippen LogP contribution in [0.3, 0.4) is 0 Å². The van der Waals surface area contributed by atoms with E-state index in [1.165, 1.54) is 29.2 Å². The van der Waals surface area contributed by atoms with Crippen LogP contribution < -0.4 is 15.8 Å². The highest BCUT2D eigenvalue weighted by atomic mass is 35.5. The van der Waals surface area contributed by atoms with Crippen molar-refractivity contribution in [3.8, 4) is 0 Å². The maximum Gasteiger partial charge on any atom is 0.347 e. The van der Waals surface area contributed by atoms with Gasteiger partial charge in [0, 0.05) is 23.8 Å². The van der Waals surface area contributed by atoms with Gasteiger partial charge in [0.25, 0.3) is 0 Å². The minimum Gasteiger partial charge on any atom is -0.421 e. The highest BCUT2D eigenvalue weighted by Crippen LogP contribution is 2.32. The SMILES string of the molecule is CC(=O)c1cc2sc(N(C)C(=O)Nc3ccc(Cl)cc3)cc2oc1=O. The van der Waals surface area contributed by atoms with Crippen LogP contribution in [0.2, 0.25) is 5.02 Å². The van der Waals surface area contributed by atoms with Crippen molar-refractivity contribution in [2.45, 2.75) is 6.92 Å². The maximum atomic E-state index is 12.4. The molecule has 2 aromatic heterocycles. The van der Waals surface area contributed by atoms with Crippen LogP contribution in [0.1, 0.15) is 17.3 Å². The lowest BCUT2D eigenvalue weighted by Crippen LogP contribution is -2.30. The van der Waals surface area contributed by atoms with Crippen LogP contribution in [0, 0.1) is 0 Å². The Morgan fingerprint density at radius 3 is 2.52 bits per heavy atom. The van der Waals surface area contributed by atoms with Gasteiger partial charge in [0.05, 0.1) is 4.70 Å². The Morgan fingerprint density at radius 2 is 1.88 bits per heavy atom. The Kier molecular flexibility index (Phi) is 4.61. The van der Waals surface area contributed by atoms with Gasteiger partial charge in [-0.3, -0.25) is 9.69 Å². The van der Waals surface area contributed by atoms with Gasteiger partial charge >= 0.3 is 11.7 Å². The highest BCUT2D eigenvalue weighted by molar-refractivity contribution is 7.22. The van der Waals surface area contributed by atoms with Crippen LogP contribution in [0.4, 0.5) is 15.5 Å². The number of fused-ring (bicyclic) bond motifs is 1. The van der Waals surface area contributed by atoms with Crippen molar-refractivity contribution in [1.29, 1.82) is 0 Å². The van der Waals surface area contributed by atoms with E-state index in [1.54, 1.807) is 37.4 Å². The molecule has 3 aromatic rings. The third-order valence-corrected chi connectivity index (χ3v) is 4.91. The zero-order valence-electron chi connectivity index (χ0n) is 13.3. The molecule has 0 saturated carbocycles. The molecule has 128 valence electrons. The molecule has 8 heteroatoms. The Hall–Kier alpha value is -2.64. The number of benzene rings is 1. The largest absolute Gasteiger partial charge is 0.421 e. The predicted octanol–water partition coefficient (Wildman–Crippen LogP) is 4.38. The second-order valence-corrected chi connectivity index (χ2v) is 6.81. The van der Waals surface area contributed by atoms with Gasteiger partial charge in [-0.1, -0.05) is 11.6 Å². The van der Waals surface area contributed by atoms with E-state index in [2.05, 4.69) is 5.32 Å². The first-order chi connectivity index (χ1) is 11.8. The molecule has 0 aliphatic carbocycles. The Balaban J connectivity index is 1.87. The van der Waals surface area contributed by atoms with E-state index in [0.717, 1.165) is 0 Å². The van der Waals surface area contributed by atoms with E-state index in [1.807, 2.05) is 0 Å². The lowest BCUT2D eigenvalue weighted by Gasteiger charge is -2.15. The second-order valence-electron chi connectivity index (χ2n) is 5.31.